The van der Waals surface area contributed by atoms with Gasteiger partial charge in [0.05, 0.1) is 12.1 Å². The zero-order valence-corrected chi connectivity index (χ0v) is 10.2. The minimum atomic E-state index is -0.342. The Morgan fingerprint density at radius 2 is 1.78 bits per heavy atom. The smallest absolute Gasteiger partial charge is 0.408 e. The molecule has 0 saturated carbocycles. The Labute approximate surface area is 108 Å². The van der Waals surface area contributed by atoms with Crippen LogP contribution < -0.4 is 5.76 Å². The first-order valence-corrected chi connectivity index (χ1v) is 5.95. The van der Waals surface area contributed by atoms with Crippen molar-refractivity contribution in [1.82, 2.24) is 4.57 Å². The second-order valence-corrected chi connectivity index (χ2v) is 4.48. The summed E-state index contributed by atoms with van der Waals surface area (Å²) in [6.45, 7) is 0.479. The van der Waals surface area contributed by atoms with E-state index in [9.17, 15) is 4.79 Å². The summed E-state index contributed by atoms with van der Waals surface area (Å²) in [6.07, 6.45) is 0. The van der Waals surface area contributed by atoms with E-state index < -0.39 is 0 Å². The molecule has 0 fully saturated rings. The fraction of sp³-hybridized carbons (Fsp3) is 0.0714. The predicted octanol–water partition coefficient (Wildman–Crippen LogP) is 3.30. The van der Waals surface area contributed by atoms with Gasteiger partial charge in [-0.05, 0) is 29.8 Å². The summed E-state index contributed by atoms with van der Waals surface area (Å²) in [6, 6.07) is 14.8. The molecule has 0 spiro atoms. The molecule has 0 bridgehead atoms. The summed E-state index contributed by atoms with van der Waals surface area (Å²) in [7, 11) is 0. The number of nitrogens with zero attached hydrogens (tertiary/aromatic N) is 1. The minimum absolute atomic E-state index is 0.342. The van der Waals surface area contributed by atoms with Gasteiger partial charge in [0.15, 0.2) is 5.58 Å². The van der Waals surface area contributed by atoms with Gasteiger partial charge >= 0.3 is 5.76 Å². The molecule has 0 unspecified atom stereocenters. The Balaban J connectivity index is 2.07. The van der Waals surface area contributed by atoms with Crippen LogP contribution in [0.15, 0.2) is 57.7 Å². The van der Waals surface area contributed by atoms with Gasteiger partial charge in [-0.3, -0.25) is 4.57 Å². The van der Waals surface area contributed by atoms with Crippen LogP contribution in [-0.4, -0.2) is 4.57 Å². The molecule has 0 amide bonds. The van der Waals surface area contributed by atoms with Crippen molar-refractivity contribution in [2.75, 3.05) is 0 Å². The fourth-order valence-corrected chi connectivity index (χ4v) is 2.06. The van der Waals surface area contributed by atoms with Crippen LogP contribution in [-0.2, 0) is 6.54 Å². The average molecular weight is 260 g/mol. The van der Waals surface area contributed by atoms with Gasteiger partial charge in [0.25, 0.3) is 0 Å². The number of oxazole rings is 1. The molecule has 4 heteroatoms. The molecule has 0 atom stereocenters. The lowest BCUT2D eigenvalue weighted by Gasteiger charge is -2.02. The molecule has 0 radical (unpaired) electrons. The number of benzene rings is 2. The first-order valence-electron chi connectivity index (χ1n) is 5.57. The summed E-state index contributed by atoms with van der Waals surface area (Å²) in [5.74, 6) is -0.342. The maximum absolute atomic E-state index is 11.8. The van der Waals surface area contributed by atoms with Crippen molar-refractivity contribution >= 4 is 22.7 Å². The molecule has 18 heavy (non-hydrogen) atoms. The summed E-state index contributed by atoms with van der Waals surface area (Å²) in [4.78, 5) is 11.8. The standard InChI is InChI=1S/C14H10ClNO2/c15-11-7-5-10(6-8-11)9-16-12-3-1-2-4-13(12)18-14(16)17/h1-8H,9H2. The van der Waals surface area contributed by atoms with E-state index in [1.165, 1.54) is 0 Å². The van der Waals surface area contributed by atoms with E-state index in [0.717, 1.165) is 11.1 Å². The third kappa shape index (κ3) is 1.93. The van der Waals surface area contributed by atoms with Crippen molar-refractivity contribution in [3.63, 3.8) is 0 Å². The van der Waals surface area contributed by atoms with E-state index in [1.54, 1.807) is 10.6 Å². The lowest BCUT2D eigenvalue weighted by atomic mass is 10.2. The number of halogens is 1. The fourth-order valence-electron chi connectivity index (χ4n) is 1.94. The monoisotopic (exact) mass is 259 g/mol. The first kappa shape index (κ1) is 11.1. The molecular formula is C14H10ClNO2. The molecule has 1 aromatic heterocycles. The molecule has 0 saturated heterocycles. The maximum atomic E-state index is 11.8. The number of aromatic nitrogens is 1. The number of hydrogen-bond donors (Lipinski definition) is 0. The molecule has 0 aliphatic heterocycles. The molecule has 1 heterocycles. The van der Waals surface area contributed by atoms with Gasteiger partial charge in [0.2, 0.25) is 0 Å². The van der Waals surface area contributed by atoms with E-state index in [-0.39, 0.29) is 5.76 Å². The Bertz CT molecular complexity index is 740. The van der Waals surface area contributed by atoms with E-state index in [0.29, 0.717) is 17.2 Å². The third-order valence-corrected chi connectivity index (χ3v) is 3.08. The van der Waals surface area contributed by atoms with E-state index in [4.69, 9.17) is 16.0 Å². The summed E-state index contributed by atoms with van der Waals surface area (Å²) >= 11 is 5.83. The van der Waals surface area contributed by atoms with E-state index in [1.807, 2.05) is 42.5 Å². The molecule has 0 N–H and O–H groups in total. The highest BCUT2D eigenvalue weighted by atomic mass is 35.5. The van der Waals surface area contributed by atoms with Crippen LogP contribution in [0.1, 0.15) is 5.56 Å². The molecule has 3 aromatic rings. The zero-order valence-electron chi connectivity index (χ0n) is 9.47. The van der Waals surface area contributed by atoms with Gasteiger partial charge in [0, 0.05) is 5.02 Å². The van der Waals surface area contributed by atoms with Gasteiger partial charge in [-0.15, -0.1) is 0 Å². The topological polar surface area (TPSA) is 35.1 Å². The van der Waals surface area contributed by atoms with Crippen molar-refractivity contribution in [2.24, 2.45) is 0 Å². The summed E-state index contributed by atoms with van der Waals surface area (Å²) in [5.41, 5.74) is 2.42. The highest BCUT2D eigenvalue weighted by molar-refractivity contribution is 6.30. The van der Waals surface area contributed by atoms with Crippen LogP contribution in [0, 0.1) is 0 Å². The van der Waals surface area contributed by atoms with E-state index in [2.05, 4.69) is 0 Å². The molecular weight excluding hydrogens is 250 g/mol. The van der Waals surface area contributed by atoms with Gasteiger partial charge in [0.1, 0.15) is 0 Å². The number of para-hydroxylation sites is 2. The van der Waals surface area contributed by atoms with Crippen LogP contribution in [0.5, 0.6) is 0 Å². The van der Waals surface area contributed by atoms with Crippen molar-refractivity contribution in [1.29, 1.82) is 0 Å². The predicted molar refractivity (Wildman–Crippen MR) is 71.0 cm³/mol. The Kier molecular flexibility index (Phi) is 2.68. The largest absolute Gasteiger partial charge is 0.420 e. The molecule has 0 aliphatic carbocycles. The lowest BCUT2D eigenvalue weighted by Crippen LogP contribution is -2.14. The minimum Gasteiger partial charge on any atom is -0.408 e. The molecule has 3 nitrogen and oxygen atoms in total. The average Bonchev–Trinajstić information content (AvgIpc) is 2.69. The van der Waals surface area contributed by atoms with Crippen molar-refractivity contribution in [3.8, 4) is 0 Å². The Hall–Kier alpha value is -2.00. The SMILES string of the molecule is O=c1oc2ccccc2n1Cc1ccc(Cl)cc1. The number of rotatable bonds is 2. The molecule has 0 aliphatic rings. The number of fused-ring (bicyclic) bond motifs is 1. The number of hydrogen-bond acceptors (Lipinski definition) is 2. The third-order valence-electron chi connectivity index (χ3n) is 2.83. The van der Waals surface area contributed by atoms with E-state index >= 15 is 0 Å². The van der Waals surface area contributed by atoms with Gasteiger partial charge in [-0.25, -0.2) is 4.79 Å². The van der Waals surface area contributed by atoms with Gasteiger partial charge in [-0.2, -0.15) is 0 Å². The van der Waals surface area contributed by atoms with Crippen LogP contribution >= 0.6 is 11.6 Å². The molecule has 90 valence electrons. The van der Waals surface area contributed by atoms with Crippen LogP contribution in [0.25, 0.3) is 11.1 Å². The van der Waals surface area contributed by atoms with Crippen LogP contribution in [0.3, 0.4) is 0 Å². The van der Waals surface area contributed by atoms with Gasteiger partial charge < -0.3 is 4.42 Å². The molecule has 3 rings (SSSR count). The summed E-state index contributed by atoms with van der Waals surface area (Å²) in [5, 5.41) is 0.683. The molecule has 2 aromatic carbocycles. The van der Waals surface area contributed by atoms with Crippen molar-refractivity contribution in [2.45, 2.75) is 6.54 Å². The quantitative estimate of drug-likeness (QED) is 0.708. The lowest BCUT2D eigenvalue weighted by molar-refractivity contribution is 0.517. The Morgan fingerprint density at radius 1 is 1.06 bits per heavy atom. The highest BCUT2D eigenvalue weighted by Gasteiger charge is 2.08. The van der Waals surface area contributed by atoms with Crippen LogP contribution in [0.2, 0.25) is 5.02 Å². The van der Waals surface area contributed by atoms with Crippen molar-refractivity contribution < 1.29 is 4.42 Å². The second kappa shape index (κ2) is 4.35. The first-order chi connectivity index (χ1) is 8.74. The van der Waals surface area contributed by atoms with Crippen LogP contribution in [0.4, 0.5) is 0 Å². The van der Waals surface area contributed by atoms with Crippen molar-refractivity contribution in [3.05, 3.63) is 69.7 Å². The maximum Gasteiger partial charge on any atom is 0.420 e. The second-order valence-electron chi connectivity index (χ2n) is 4.05. The summed E-state index contributed by atoms with van der Waals surface area (Å²) < 4.78 is 6.79. The normalized spacial score (nSPS) is 10.9. The zero-order chi connectivity index (χ0) is 12.5. The Morgan fingerprint density at radius 3 is 2.56 bits per heavy atom. The van der Waals surface area contributed by atoms with Gasteiger partial charge in [-0.1, -0.05) is 35.9 Å². The highest BCUT2D eigenvalue weighted by Crippen LogP contribution is 2.15.